The number of thiazole rings is 1. The normalized spacial score (nSPS) is 11.2. The molecule has 34 heavy (non-hydrogen) atoms. The van der Waals surface area contributed by atoms with Crippen molar-refractivity contribution in [1.82, 2.24) is 24.6 Å². The Morgan fingerprint density at radius 2 is 1.82 bits per heavy atom. The summed E-state index contributed by atoms with van der Waals surface area (Å²) in [4.78, 5) is 18.3. The van der Waals surface area contributed by atoms with Crippen molar-refractivity contribution in [3.8, 4) is 17.1 Å². The van der Waals surface area contributed by atoms with E-state index in [0.717, 1.165) is 32.9 Å². The van der Waals surface area contributed by atoms with Gasteiger partial charge in [0.25, 0.3) is 0 Å². The number of rotatable bonds is 8. The zero-order valence-electron chi connectivity index (χ0n) is 20.1. The Morgan fingerprint density at radius 1 is 1.09 bits per heavy atom. The number of para-hydroxylation sites is 1. The van der Waals surface area contributed by atoms with Crippen LogP contribution in [-0.2, 0) is 17.0 Å². The first-order chi connectivity index (χ1) is 16.3. The Balaban J connectivity index is 1.67. The highest BCUT2D eigenvalue weighted by molar-refractivity contribution is 7.98. The first kappa shape index (κ1) is 24.2. The van der Waals surface area contributed by atoms with Crippen LogP contribution in [0.25, 0.3) is 17.1 Å². The van der Waals surface area contributed by atoms with Crippen LogP contribution in [0.1, 0.15) is 41.6 Å². The Kier molecular flexibility index (Phi) is 7.48. The number of carbonyl (C=O) groups is 1. The molecule has 1 amide bonds. The number of likely N-dealkylation sites (N-methyl/N-ethyl adjacent to an activating group) is 1. The van der Waals surface area contributed by atoms with Crippen LogP contribution in [0.4, 0.5) is 0 Å². The molecular formula is C26H29N5OS2. The molecule has 0 atom stereocenters. The second kappa shape index (κ2) is 10.5. The van der Waals surface area contributed by atoms with Gasteiger partial charge in [-0.05, 0) is 24.5 Å². The maximum atomic E-state index is 12.0. The van der Waals surface area contributed by atoms with Crippen LogP contribution < -0.4 is 0 Å². The average molecular weight is 492 g/mol. The monoisotopic (exact) mass is 491 g/mol. The van der Waals surface area contributed by atoms with Crippen molar-refractivity contribution < 1.29 is 4.79 Å². The number of aromatic nitrogens is 4. The maximum absolute atomic E-state index is 12.0. The minimum absolute atomic E-state index is 0.0568. The summed E-state index contributed by atoms with van der Waals surface area (Å²) in [6, 6.07) is 16.8. The number of aryl methyl sites for hydroxylation is 1. The lowest BCUT2D eigenvalue weighted by atomic mass is 10.0. The minimum atomic E-state index is 0.0568. The zero-order valence-corrected chi connectivity index (χ0v) is 21.8. The lowest BCUT2D eigenvalue weighted by Crippen LogP contribution is -2.23. The van der Waals surface area contributed by atoms with Crippen molar-refractivity contribution in [2.24, 2.45) is 0 Å². The smallest absolute Gasteiger partial charge is 0.228 e. The molecule has 0 radical (unpaired) electrons. The fraction of sp³-hybridized carbons (Fsp3) is 0.308. The van der Waals surface area contributed by atoms with Gasteiger partial charge in [-0.15, -0.1) is 21.5 Å². The summed E-state index contributed by atoms with van der Waals surface area (Å²) < 4.78 is 2.16. The number of benzene rings is 2. The van der Waals surface area contributed by atoms with Gasteiger partial charge in [0, 0.05) is 30.8 Å². The Morgan fingerprint density at radius 3 is 2.53 bits per heavy atom. The summed E-state index contributed by atoms with van der Waals surface area (Å²) in [6.45, 7) is 6.48. The fourth-order valence-corrected chi connectivity index (χ4v) is 5.30. The van der Waals surface area contributed by atoms with Gasteiger partial charge in [-0.2, -0.15) is 0 Å². The van der Waals surface area contributed by atoms with Crippen molar-refractivity contribution in [3.05, 3.63) is 75.7 Å². The molecule has 0 unspecified atom stereocenters. The van der Waals surface area contributed by atoms with Crippen LogP contribution in [0.15, 0.2) is 59.1 Å². The number of carbonyl (C=O) groups excluding carboxylic acids is 1. The van der Waals surface area contributed by atoms with Crippen LogP contribution in [-0.4, -0.2) is 44.7 Å². The van der Waals surface area contributed by atoms with Crippen molar-refractivity contribution in [2.45, 2.75) is 44.0 Å². The molecule has 4 aromatic rings. The van der Waals surface area contributed by atoms with E-state index in [1.807, 2.05) is 5.38 Å². The minimum Gasteiger partial charge on any atom is -0.348 e. The molecule has 0 spiro atoms. The Hall–Kier alpha value is -2.97. The zero-order chi connectivity index (χ0) is 24.2. The van der Waals surface area contributed by atoms with Gasteiger partial charge in [-0.25, -0.2) is 4.98 Å². The van der Waals surface area contributed by atoms with Gasteiger partial charge in [-0.1, -0.05) is 73.6 Å². The molecule has 0 aliphatic heterocycles. The highest BCUT2D eigenvalue weighted by Gasteiger charge is 2.20. The van der Waals surface area contributed by atoms with Crippen LogP contribution in [0.2, 0.25) is 0 Å². The van der Waals surface area contributed by atoms with Crippen molar-refractivity contribution >= 4 is 29.0 Å². The van der Waals surface area contributed by atoms with E-state index in [1.54, 1.807) is 30.8 Å². The molecule has 4 rings (SSSR count). The predicted molar refractivity (Wildman–Crippen MR) is 140 cm³/mol. The fourth-order valence-electron chi connectivity index (χ4n) is 3.57. The van der Waals surface area contributed by atoms with E-state index in [0.29, 0.717) is 18.1 Å². The average Bonchev–Trinajstić information content (AvgIpc) is 3.44. The molecule has 2 aromatic heterocycles. The molecule has 8 heteroatoms. The van der Waals surface area contributed by atoms with Gasteiger partial charge >= 0.3 is 0 Å². The molecule has 0 saturated carbocycles. The first-order valence-electron chi connectivity index (χ1n) is 11.2. The second-order valence-corrected chi connectivity index (χ2v) is 10.6. The van der Waals surface area contributed by atoms with Gasteiger partial charge in [0.05, 0.1) is 17.8 Å². The number of amides is 1. The van der Waals surface area contributed by atoms with E-state index in [4.69, 9.17) is 0 Å². The topological polar surface area (TPSA) is 63.9 Å². The van der Waals surface area contributed by atoms with Gasteiger partial charge in [0.2, 0.25) is 5.91 Å². The molecule has 6 nitrogen and oxygen atoms in total. The largest absolute Gasteiger partial charge is 0.348 e. The van der Waals surface area contributed by atoms with Crippen LogP contribution in [0.3, 0.4) is 0 Å². The molecule has 0 bridgehead atoms. The molecule has 0 N–H and O–H groups in total. The SMILES string of the molecule is Cc1ccc(-c2nnc(SCc3csc(CC(=O)N(C)C)n3)n2-c2ccccc2C(C)C)cc1. The third-order valence-corrected chi connectivity index (χ3v) is 7.35. The summed E-state index contributed by atoms with van der Waals surface area (Å²) in [7, 11) is 3.53. The van der Waals surface area contributed by atoms with Crippen molar-refractivity contribution in [2.75, 3.05) is 14.1 Å². The molecule has 0 saturated heterocycles. The summed E-state index contributed by atoms with van der Waals surface area (Å²) in [5.41, 5.74) is 5.52. The molecule has 0 aliphatic carbocycles. The van der Waals surface area contributed by atoms with Crippen LogP contribution >= 0.6 is 23.1 Å². The number of nitrogens with zero attached hydrogens (tertiary/aromatic N) is 5. The molecular weight excluding hydrogens is 462 g/mol. The first-order valence-corrected chi connectivity index (χ1v) is 13.1. The van der Waals surface area contributed by atoms with Gasteiger partial charge in [0.15, 0.2) is 11.0 Å². The number of hydrogen-bond acceptors (Lipinski definition) is 6. The van der Waals surface area contributed by atoms with Crippen LogP contribution in [0.5, 0.6) is 0 Å². The second-order valence-electron chi connectivity index (χ2n) is 8.71. The predicted octanol–water partition coefficient (Wildman–Crippen LogP) is 5.75. The molecule has 176 valence electrons. The standard InChI is InChI=1S/C26H29N5OS2/c1-17(2)21-8-6-7-9-22(21)31-25(19-12-10-18(3)11-13-19)28-29-26(31)34-16-20-15-33-23(27-20)14-24(32)30(4)5/h6-13,15,17H,14,16H2,1-5H3. The molecule has 0 aliphatic rings. The molecule has 2 heterocycles. The lowest BCUT2D eigenvalue weighted by Gasteiger charge is -2.17. The lowest BCUT2D eigenvalue weighted by molar-refractivity contribution is -0.127. The number of thioether (sulfide) groups is 1. The summed E-state index contributed by atoms with van der Waals surface area (Å²) in [5.74, 6) is 1.90. The van der Waals surface area contributed by atoms with Crippen molar-refractivity contribution in [1.29, 1.82) is 0 Å². The molecule has 2 aromatic carbocycles. The summed E-state index contributed by atoms with van der Waals surface area (Å²) in [5, 5.41) is 12.8. The van der Waals surface area contributed by atoms with E-state index >= 15 is 0 Å². The third kappa shape index (κ3) is 5.39. The molecule has 0 fully saturated rings. The van der Waals surface area contributed by atoms with E-state index in [1.165, 1.54) is 22.5 Å². The third-order valence-electron chi connectivity index (χ3n) is 5.49. The highest BCUT2D eigenvalue weighted by atomic mass is 32.2. The van der Waals surface area contributed by atoms with E-state index < -0.39 is 0 Å². The summed E-state index contributed by atoms with van der Waals surface area (Å²) in [6.07, 6.45) is 0.331. The van der Waals surface area contributed by atoms with E-state index in [-0.39, 0.29) is 5.91 Å². The van der Waals surface area contributed by atoms with E-state index in [2.05, 4.69) is 89.1 Å². The summed E-state index contributed by atoms with van der Waals surface area (Å²) >= 11 is 3.14. The number of hydrogen-bond donors (Lipinski definition) is 0. The van der Waals surface area contributed by atoms with E-state index in [9.17, 15) is 4.79 Å². The maximum Gasteiger partial charge on any atom is 0.228 e. The van der Waals surface area contributed by atoms with Crippen molar-refractivity contribution in [3.63, 3.8) is 0 Å². The Bertz CT molecular complexity index is 1270. The van der Waals surface area contributed by atoms with Gasteiger partial charge < -0.3 is 4.90 Å². The van der Waals surface area contributed by atoms with Crippen LogP contribution in [0, 0.1) is 6.92 Å². The van der Waals surface area contributed by atoms with Gasteiger partial charge in [-0.3, -0.25) is 9.36 Å². The quantitative estimate of drug-likeness (QED) is 0.294. The highest BCUT2D eigenvalue weighted by Crippen LogP contribution is 2.33. The van der Waals surface area contributed by atoms with Gasteiger partial charge in [0.1, 0.15) is 5.01 Å². The Labute approximate surface area is 209 Å².